The van der Waals surface area contributed by atoms with Crippen molar-refractivity contribution in [1.82, 2.24) is 9.80 Å². The number of likely N-dealkylation sites (tertiary alicyclic amines) is 1. The Hall–Kier alpha value is -0.810. The van der Waals surface area contributed by atoms with Crippen molar-refractivity contribution >= 4 is 29.2 Å². The third kappa shape index (κ3) is 4.58. The molecule has 1 saturated heterocycles. The summed E-state index contributed by atoms with van der Waals surface area (Å²) in [7, 11) is 1.87. The summed E-state index contributed by atoms with van der Waals surface area (Å²) in [6.07, 6.45) is 1.93. The van der Waals surface area contributed by atoms with Crippen LogP contribution in [0.2, 0.25) is 10.0 Å². The summed E-state index contributed by atoms with van der Waals surface area (Å²) in [6, 6.07) is 5.90. The van der Waals surface area contributed by atoms with Gasteiger partial charge in [-0.2, -0.15) is 0 Å². The van der Waals surface area contributed by atoms with Gasteiger partial charge in [-0.05, 0) is 45.1 Å². The minimum Gasteiger partial charge on any atom is -0.480 e. The molecule has 0 amide bonds. The first-order valence-corrected chi connectivity index (χ1v) is 7.80. The molecule has 0 spiro atoms. The van der Waals surface area contributed by atoms with Gasteiger partial charge in [-0.25, -0.2) is 0 Å². The van der Waals surface area contributed by atoms with E-state index in [1.54, 1.807) is 0 Å². The Morgan fingerprint density at radius 3 is 2.43 bits per heavy atom. The Labute approximate surface area is 135 Å². The van der Waals surface area contributed by atoms with Gasteiger partial charge in [0.15, 0.2) is 0 Å². The molecule has 0 bridgehead atoms. The molecule has 1 aromatic rings. The number of nitrogens with zero attached hydrogens (tertiary/aromatic N) is 2. The van der Waals surface area contributed by atoms with E-state index in [0.29, 0.717) is 16.1 Å². The highest BCUT2D eigenvalue weighted by Gasteiger charge is 2.24. The first kappa shape index (κ1) is 16.6. The second-order valence-electron chi connectivity index (χ2n) is 5.52. The van der Waals surface area contributed by atoms with Gasteiger partial charge in [-0.15, -0.1) is 0 Å². The normalized spacial score (nSPS) is 17.3. The largest absolute Gasteiger partial charge is 0.480 e. The fraction of sp³-hybridized carbons (Fsp3) is 0.533. The zero-order valence-electron chi connectivity index (χ0n) is 12.1. The second-order valence-corrected chi connectivity index (χ2v) is 6.33. The van der Waals surface area contributed by atoms with E-state index in [2.05, 4.69) is 4.90 Å². The molecule has 0 aromatic heterocycles. The Morgan fingerprint density at radius 1 is 1.33 bits per heavy atom. The molecule has 0 unspecified atom stereocenters. The van der Waals surface area contributed by atoms with Crippen LogP contribution in [0.25, 0.3) is 0 Å². The van der Waals surface area contributed by atoms with E-state index in [-0.39, 0.29) is 6.54 Å². The lowest BCUT2D eigenvalue weighted by molar-refractivity contribution is -0.138. The van der Waals surface area contributed by atoms with E-state index in [1.165, 1.54) is 0 Å². The second kappa shape index (κ2) is 7.45. The molecular formula is C15H20Cl2N2O2. The number of benzene rings is 1. The quantitative estimate of drug-likeness (QED) is 0.901. The third-order valence-corrected chi connectivity index (χ3v) is 4.72. The first-order valence-electron chi connectivity index (χ1n) is 7.04. The molecular weight excluding hydrogens is 311 g/mol. The van der Waals surface area contributed by atoms with Gasteiger partial charge in [0.1, 0.15) is 0 Å². The van der Waals surface area contributed by atoms with Crippen molar-refractivity contribution in [2.24, 2.45) is 0 Å². The number of likely N-dealkylation sites (N-methyl/N-ethyl adjacent to an activating group) is 1. The molecule has 1 aliphatic rings. The minimum absolute atomic E-state index is 0.0982. The number of piperidine rings is 1. The van der Waals surface area contributed by atoms with Gasteiger partial charge in [0.2, 0.25) is 0 Å². The predicted molar refractivity (Wildman–Crippen MR) is 85.0 cm³/mol. The van der Waals surface area contributed by atoms with Crippen molar-refractivity contribution < 1.29 is 9.90 Å². The number of hydrogen-bond donors (Lipinski definition) is 1. The average molecular weight is 331 g/mol. The smallest absolute Gasteiger partial charge is 0.317 e. The maximum atomic E-state index is 10.8. The average Bonchev–Trinajstić information content (AvgIpc) is 2.43. The van der Waals surface area contributed by atoms with Crippen LogP contribution in [0.5, 0.6) is 0 Å². The molecule has 0 aliphatic carbocycles. The van der Waals surface area contributed by atoms with Gasteiger partial charge >= 0.3 is 5.97 Å². The van der Waals surface area contributed by atoms with Gasteiger partial charge in [0.25, 0.3) is 0 Å². The van der Waals surface area contributed by atoms with Crippen LogP contribution in [0.3, 0.4) is 0 Å². The van der Waals surface area contributed by atoms with Crippen molar-refractivity contribution in [3.63, 3.8) is 0 Å². The van der Waals surface area contributed by atoms with E-state index >= 15 is 0 Å². The SMILES string of the molecule is CN(CC(=O)O)C1CCN(Cc2c(Cl)cccc2Cl)CC1. The third-order valence-electron chi connectivity index (χ3n) is 4.01. The molecule has 0 atom stereocenters. The zero-order chi connectivity index (χ0) is 15.4. The number of aliphatic carboxylic acids is 1. The van der Waals surface area contributed by atoms with Gasteiger partial charge in [-0.3, -0.25) is 14.6 Å². The number of carbonyl (C=O) groups is 1. The van der Waals surface area contributed by atoms with Crippen LogP contribution in [0.4, 0.5) is 0 Å². The Bertz CT molecular complexity index is 482. The Morgan fingerprint density at radius 2 is 1.90 bits per heavy atom. The van der Waals surface area contributed by atoms with Crippen molar-refractivity contribution in [3.8, 4) is 0 Å². The van der Waals surface area contributed by atoms with Crippen LogP contribution in [-0.2, 0) is 11.3 Å². The minimum atomic E-state index is -0.775. The molecule has 1 heterocycles. The summed E-state index contributed by atoms with van der Waals surface area (Å²) in [5.41, 5.74) is 0.971. The summed E-state index contributed by atoms with van der Waals surface area (Å²) in [6.45, 7) is 2.70. The molecule has 21 heavy (non-hydrogen) atoms. The maximum Gasteiger partial charge on any atom is 0.317 e. The van der Waals surface area contributed by atoms with Crippen LogP contribution < -0.4 is 0 Å². The van der Waals surface area contributed by atoms with Crippen LogP contribution in [0.1, 0.15) is 18.4 Å². The topological polar surface area (TPSA) is 43.8 Å². The number of hydrogen-bond acceptors (Lipinski definition) is 3. The van der Waals surface area contributed by atoms with Crippen LogP contribution in [-0.4, -0.2) is 53.6 Å². The standard InChI is InChI=1S/C15H20Cl2N2O2/c1-18(10-15(20)21)11-5-7-19(8-6-11)9-12-13(16)3-2-4-14(12)17/h2-4,11H,5-10H2,1H3,(H,20,21). The predicted octanol–water partition coefficient (Wildman–Crippen LogP) is 2.97. The van der Waals surface area contributed by atoms with E-state index in [0.717, 1.165) is 38.0 Å². The Kier molecular flexibility index (Phi) is 5.88. The van der Waals surface area contributed by atoms with E-state index < -0.39 is 5.97 Å². The molecule has 1 aliphatic heterocycles. The zero-order valence-corrected chi connectivity index (χ0v) is 13.6. The number of rotatable bonds is 5. The number of carboxylic acids is 1. The van der Waals surface area contributed by atoms with Crippen LogP contribution in [0, 0.1) is 0 Å². The van der Waals surface area contributed by atoms with E-state index in [1.807, 2.05) is 30.1 Å². The monoisotopic (exact) mass is 330 g/mol. The number of carboxylic acid groups (broad SMARTS) is 1. The van der Waals surface area contributed by atoms with Gasteiger partial charge in [-0.1, -0.05) is 29.3 Å². The fourth-order valence-corrected chi connectivity index (χ4v) is 3.28. The Balaban J connectivity index is 1.88. The lowest BCUT2D eigenvalue weighted by Gasteiger charge is -2.36. The molecule has 6 heteroatoms. The maximum absolute atomic E-state index is 10.8. The van der Waals surface area contributed by atoms with Gasteiger partial charge in [0.05, 0.1) is 6.54 Å². The lowest BCUT2D eigenvalue weighted by atomic mass is 10.0. The highest BCUT2D eigenvalue weighted by molar-refractivity contribution is 6.35. The van der Waals surface area contributed by atoms with Gasteiger partial charge in [0, 0.05) is 28.2 Å². The molecule has 0 radical (unpaired) electrons. The summed E-state index contributed by atoms with van der Waals surface area (Å²) in [4.78, 5) is 15.0. The number of halogens is 2. The van der Waals surface area contributed by atoms with E-state index in [9.17, 15) is 4.79 Å². The van der Waals surface area contributed by atoms with Crippen LogP contribution >= 0.6 is 23.2 Å². The summed E-state index contributed by atoms with van der Waals surface area (Å²) in [5, 5.41) is 10.2. The fourth-order valence-electron chi connectivity index (χ4n) is 2.77. The molecule has 4 nitrogen and oxygen atoms in total. The van der Waals surface area contributed by atoms with E-state index in [4.69, 9.17) is 28.3 Å². The lowest BCUT2D eigenvalue weighted by Crippen LogP contribution is -2.44. The molecule has 2 rings (SSSR count). The molecule has 1 aromatic carbocycles. The molecule has 1 N–H and O–H groups in total. The van der Waals surface area contributed by atoms with Gasteiger partial charge < -0.3 is 5.11 Å². The highest BCUT2D eigenvalue weighted by Crippen LogP contribution is 2.27. The van der Waals surface area contributed by atoms with Crippen molar-refractivity contribution in [2.75, 3.05) is 26.7 Å². The molecule has 0 saturated carbocycles. The highest BCUT2D eigenvalue weighted by atomic mass is 35.5. The van der Waals surface area contributed by atoms with Crippen molar-refractivity contribution in [1.29, 1.82) is 0 Å². The van der Waals surface area contributed by atoms with Crippen molar-refractivity contribution in [3.05, 3.63) is 33.8 Å². The molecule has 1 fully saturated rings. The molecule has 116 valence electrons. The van der Waals surface area contributed by atoms with Crippen molar-refractivity contribution in [2.45, 2.75) is 25.4 Å². The van der Waals surface area contributed by atoms with Crippen LogP contribution in [0.15, 0.2) is 18.2 Å². The summed E-state index contributed by atoms with van der Waals surface area (Å²) in [5.74, 6) is -0.775. The summed E-state index contributed by atoms with van der Waals surface area (Å²) < 4.78 is 0. The summed E-state index contributed by atoms with van der Waals surface area (Å²) >= 11 is 12.4. The first-order chi connectivity index (χ1) is 9.97.